The second kappa shape index (κ2) is 4.54. The second-order valence-electron chi connectivity index (χ2n) is 2.00. The Kier molecular flexibility index (Phi) is 4.02. The zero-order valence-electron chi connectivity index (χ0n) is 6.57. The first-order valence-corrected chi connectivity index (χ1v) is 3.27. The molecule has 5 heteroatoms. The number of hydrogen-bond acceptors (Lipinski definition) is 4. The third-order valence-corrected chi connectivity index (χ3v) is 1.20. The number of amidine groups is 1. The average molecular weight is 160 g/mol. The number of esters is 1. The van der Waals surface area contributed by atoms with Gasteiger partial charge in [0.25, 0.3) is 0 Å². The van der Waals surface area contributed by atoms with Crippen molar-refractivity contribution in [2.24, 2.45) is 16.8 Å². The van der Waals surface area contributed by atoms with Crippen LogP contribution in [0.15, 0.2) is 5.16 Å². The van der Waals surface area contributed by atoms with E-state index in [0.717, 1.165) is 0 Å². The number of ether oxygens (including phenoxy) is 1. The number of nitrogens with zero attached hydrogens (tertiary/aromatic N) is 1. The highest BCUT2D eigenvalue weighted by molar-refractivity contribution is 5.99. The van der Waals surface area contributed by atoms with Crippen LogP contribution < -0.4 is 5.73 Å². The summed E-state index contributed by atoms with van der Waals surface area (Å²) < 4.78 is 4.62. The maximum atomic E-state index is 10.8. The molecule has 0 amide bonds. The topological polar surface area (TPSA) is 84.9 Å². The minimum absolute atomic E-state index is 0.136. The Hall–Kier alpha value is -1.26. The van der Waals surface area contributed by atoms with Crippen molar-refractivity contribution in [3.8, 4) is 0 Å². The molecule has 0 spiro atoms. The highest BCUT2D eigenvalue weighted by atomic mass is 16.5. The third-order valence-electron chi connectivity index (χ3n) is 1.20. The van der Waals surface area contributed by atoms with Crippen LogP contribution in [0.4, 0.5) is 0 Å². The Morgan fingerprint density at radius 1 is 1.82 bits per heavy atom. The fraction of sp³-hybridized carbons (Fsp3) is 0.667. The van der Waals surface area contributed by atoms with Gasteiger partial charge in [0.15, 0.2) is 5.84 Å². The lowest BCUT2D eigenvalue weighted by Gasteiger charge is -2.07. The summed E-state index contributed by atoms with van der Waals surface area (Å²) in [7, 11) is 0. The SMILES string of the molecule is CCOC(=O)[C@@H](C)/C(N)=N/O. The van der Waals surface area contributed by atoms with Gasteiger partial charge in [-0.1, -0.05) is 5.16 Å². The summed E-state index contributed by atoms with van der Waals surface area (Å²) >= 11 is 0. The van der Waals surface area contributed by atoms with Crippen LogP contribution >= 0.6 is 0 Å². The van der Waals surface area contributed by atoms with E-state index in [1.54, 1.807) is 6.92 Å². The maximum absolute atomic E-state index is 10.8. The van der Waals surface area contributed by atoms with Crippen molar-refractivity contribution in [3.63, 3.8) is 0 Å². The highest BCUT2D eigenvalue weighted by Gasteiger charge is 2.17. The zero-order chi connectivity index (χ0) is 8.85. The van der Waals surface area contributed by atoms with Crippen molar-refractivity contribution in [3.05, 3.63) is 0 Å². The number of nitrogens with two attached hydrogens (primary N) is 1. The largest absolute Gasteiger partial charge is 0.465 e. The summed E-state index contributed by atoms with van der Waals surface area (Å²) in [5.74, 6) is -1.30. The quantitative estimate of drug-likeness (QED) is 0.199. The van der Waals surface area contributed by atoms with Gasteiger partial charge in [-0.15, -0.1) is 0 Å². The molecule has 0 rings (SSSR count). The van der Waals surface area contributed by atoms with Crippen LogP contribution in [0.3, 0.4) is 0 Å². The van der Waals surface area contributed by atoms with Crippen LogP contribution in [0, 0.1) is 5.92 Å². The first-order valence-electron chi connectivity index (χ1n) is 3.27. The number of carbonyl (C=O) groups is 1. The van der Waals surface area contributed by atoms with E-state index in [4.69, 9.17) is 10.9 Å². The Bertz CT molecular complexity index is 167. The smallest absolute Gasteiger partial charge is 0.316 e. The van der Waals surface area contributed by atoms with E-state index >= 15 is 0 Å². The van der Waals surface area contributed by atoms with Crippen LogP contribution in [0.25, 0.3) is 0 Å². The molecule has 11 heavy (non-hydrogen) atoms. The molecule has 64 valence electrons. The van der Waals surface area contributed by atoms with Crippen LogP contribution in [0.5, 0.6) is 0 Å². The lowest BCUT2D eigenvalue weighted by molar-refractivity contribution is -0.145. The molecule has 0 aliphatic carbocycles. The normalized spacial score (nSPS) is 14.2. The fourth-order valence-electron chi connectivity index (χ4n) is 0.475. The highest BCUT2D eigenvalue weighted by Crippen LogP contribution is 1.97. The number of oxime groups is 1. The van der Waals surface area contributed by atoms with Gasteiger partial charge >= 0.3 is 5.97 Å². The number of hydrogen-bond donors (Lipinski definition) is 2. The summed E-state index contributed by atoms with van der Waals surface area (Å²) in [4.78, 5) is 10.8. The van der Waals surface area contributed by atoms with E-state index < -0.39 is 11.9 Å². The standard InChI is InChI=1S/C6H12N2O3/c1-3-11-6(9)4(2)5(7)8-10/h4,10H,3H2,1-2H3,(H2,7,8)/t4-/m0/s1. The predicted octanol–water partition coefficient (Wildman–Crippen LogP) is -0.0680. The molecule has 0 unspecified atom stereocenters. The Morgan fingerprint density at radius 2 is 2.36 bits per heavy atom. The Balaban J connectivity index is 4.02. The van der Waals surface area contributed by atoms with Crippen molar-refractivity contribution in [1.82, 2.24) is 0 Å². The monoisotopic (exact) mass is 160 g/mol. The van der Waals surface area contributed by atoms with E-state index in [2.05, 4.69) is 9.89 Å². The minimum atomic E-state index is -0.681. The van der Waals surface area contributed by atoms with E-state index in [0.29, 0.717) is 6.61 Å². The van der Waals surface area contributed by atoms with Crippen LogP contribution in [0.1, 0.15) is 13.8 Å². The molecular formula is C6H12N2O3. The van der Waals surface area contributed by atoms with Gasteiger partial charge in [0, 0.05) is 0 Å². The molecule has 1 atom stereocenters. The maximum Gasteiger partial charge on any atom is 0.316 e. The number of rotatable bonds is 3. The first kappa shape index (κ1) is 9.74. The molecular weight excluding hydrogens is 148 g/mol. The second-order valence-corrected chi connectivity index (χ2v) is 2.00. The molecule has 3 N–H and O–H groups in total. The van der Waals surface area contributed by atoms with E-state index in [9.17, 15) is 4.79 Å². The van der Waals surface area contributed by atoms with Crippen molar-refractivity contribution < 1.29 is 14.7 Å². The Labute approximate surface area is 64.8 Å². The first-order chi connectivity index (χ1) is 5.13. The van der Waals surface area contributed by atoms with Gasteiger partial charge < -0.3 is 15.7 Å². The summed E-state index contributed by atoms with van der Waals surface area (Å²) in [6, 6.07) is 0. The summed E-state index contributed by atoms with van der Waals surface area (Å²) in [6.45, 7) is 3.49. The zero-order valence-corrected chi connectivity index (χ0v) is 6.57. The molecule has 0 fully saturated rings. The van der Waals surface area contributed by atoms with Crippen molar-refractivity contribution in [2.45, 2.75) is 13.8 Å². The molecule has 0 saturated carbocycles. The summed E-state index contributed by atoms with van der Waals surface area (Å²) in [5.41, 5.74) is 5.15. The van der Waals surface area contributed by atoms with Crippen molar-refractivity contribution >= 4 is 11.8 Å². The van der Waals surface area contributed by atoms with Crippen molar-refractivity contribution in [2.75, 3.05) is 6.61 Å². The van der Waals surface area contributed by atoms with Gasteiger partial charge in [0.1, 0.15) is 5.92 Å². The predicted molar refractivity (Wildman–Crippen MR) is 39.2 cm³/mol. The summed E-state index contributed by atoms with van der Waals surface area (Å²) in [6.07, 6.45) is 0. The Morgan fingerprint density at radius 3 is 2.73 bits per heavy atom. The molecule has 0 bridgehead atoms. The molecule has 0 aliphatic heterocycles. The van der Waals surface area contributed by atoms with Gasteiger partial charge in [-0.3, -0.25) is 4.79 Å². The van der Waals surface area contributed by atoms with E-state index in [1.807, 2.05) is 0 Å². The van der Waals surface area contributed by atoms with Crippen LogP contribution in [0.2, 0.25) is 0 Å². The van der Waals surface area contributed by atoms with Crippen molar-refractivity contribution in [1.29, 1.82) is 0 Å². The van der Waals surface area contributed by atoms with Gasteiger partial charge in [-0.2, -0.15) is 0 Å². The van der Waals surface area contributed by atoms with Gasteiger partial charge in [-0.05, 0) is 13.8 Å². The molecule has 0 aromatic rings. The third kappa shape index (κ3) is 2.88. The van der Waals surface area contributed by atoms with Gasteiger partial charge in [0.2, 0.25) is 0 Å². The lowest BCUT2D eigenvalue weighted by Crippen LogP contribution is -2.29. The molecule has 0 aromatic carbocycles. The summed E-state index contributed by atoms with van der Waals surface area (Å²) in [5, 5.41) is 10.9. The van der Waals surface area contributed by atoms with E-state index in [1.165, 1.54) is 6.92 Å². The van der Waals surface area contributed by atoms with Gasteiger partial charge in [-0.25, -0.2) is 0 Å². The molecule has 0 aliphatic rings. The van der Waals surface area contributed by atoms with Gasteiger partial charge in [0.05, 0.1) is 6.61 Å². The van der Waals surface area contributed by atoms with Crippen LogP contribution in [-0.4, -0.2) is 23.6 Å². The molecule has 0 heterocycles. The molecule has 0 radical (unpaired) electrons. The number of carbonyl (C=O) groups excluding carboxylic acids is 1. The average Bonchev–Trinajstić information content (AvgIpc) is 2.02. The fourth-order valence-corrected chi connectivity index (χ4v) is 0.475. The molecule has 0 saturated heterocycles. The molecule has 5 nitrogen and oxygen atoms in total. The minimum Gasteiger partial charge on any atom is -0.465 e. The molecule has 0 aromatic heterocycles. The lowest BCUT2D eigenvalue weighted by atomic mass is 10.2. The van der Waals surface area contributed by atoms with Crippen LogP contribution in [-0.2, 0) is 9.53 Å². The van der Waals surface area contributed by atoms with E-state index in [-0.39, 0.29) is 5.84 Å².